The van der Waals surface area contributed by atoms with E-state index in [0.717, 1.165) is 0 Å². The lowest BCUT2D eigenvalue weighted by molar-refractivity contribution is -0.338. The van der Waals surface area contributed by atoms with E-state index in [1.807, 2.05) is 0 Å². The summed E-state index contributed by atoms with van der Waals surface area (Å²) in [7, 11) is 10.3. The monoisotopic (exact) mass is 436 g/mol. The average Bonchev–Trinajstić information content (AvgIpc) is 2.78. The van der Waals surface area contributed by atoms with Gasteiger partial charge in [-0.1, -0.05) is 0 Å². The van der Waals surface area contributed by atoms with Gasteiger partial charge in [-0.15, -0.1) is 0 Å². The van der Waals surface area contributed by atoms with Crippen molar-refractivity contribution in [3.63, 3.8) is 0 Å². The van der Waals surface area contributed by atoms with Gasteiger partial charge in [0.25, 0.3) is 0 Å². The van der Waals surface area contributed by atoms with Crippen LogP contribution in [0, 0.1) is 0 Å². The molecule has 30 heavy (non-hydrogen) atoms. The molecule has 8 unspecified atom stereocenters. The highest BCUT2D eigenvalue weighted by Gasteiger charge is 2.51. The van der Waals surface area contributed by atoms with Gasteiger partial charge in [-0.2, -0.15) is 0 Å². The summed E-state index contributed by atoms with van der Waals surface area (Å²) in [6.07, 6.45) is -3.99. The van der Waals surface area contributed by atoms with Crippen LogP contribution < -0.4 is 0 Å². The highest BCUT2D eigenvalue weighted by molar-refractivity contribution is 5.86. The fourth-order valence-electron chi connectivity index (χ4n) is 3.60. The van der Waals surface area contributed by atoms with Crippen molar-refractivity contribution in [2.45, 2.75) is 49.2 Å². The molecule has 0 aromatic heterocycles. The lowest BCUT2D eigenvalue weighted by Gasteiger charge is -2.46. The molecule has 0 radical (unpaired) electrons. The van der Waals surface area contributed by atoms with Crippen LogP contribution in [0.1, 0.15) is 0 Å². The predicted molar refractivity (Wildman–Crippen MR) is 101 cm³/mol. The van der Waals surface area contributed by atoms with Crippen LogP contribution in [0.25, 0.3) is 0 Å². The molecular weight excluding hydrogens is 404 g/mol. The van der Waals surface area contributed by atoms with Crippen LogP contribution in [0.5, 0.6) is 0 Å². The SMILES string of the molecule is COCC1OC(OC)C(OC)C(OC)C1OC1OC(C(=O)OC)=CC(OC)C1OC. The number of carbonyl (C=O) groups is 1. The first-order chi connectivity index (χ1) is 14.5. The second kappa shape index (κ2) is 11.9. The topological polar surface area (TPSA) is 109 Å². The highest BCUT2D eigenvalue weighted by atomic mass is 16.8. The van der Waals surface area contributed by atoms with Crippen LogP contribution in [-0.2, 0) is 52.2 Å². The number of rotatable bonds is 10. The molecule has 0 spiro atoms. The molecule has 0 bridgehead atoms. The lowest BCUT2D eigenvalue weighted by Crippen LogP contribution is -2.63. The molecule has 11 nitrogen and oxygen atoms in total. The van der Waals surface area contributed by atoms with Gasteiger partial charge in [0.1, 0.15) is 36.6 Å². The summed E-state index contributed by atoms with van der Waals surface area (Å²) in [6.45, 7) is 0.193. The van der Waals surface area contributed by atoms with Crippen molar-refractivity contribution in [2.24, 2.45) is 0 Å². The Hall–Kier alpha value is -1.31. The first-order valence-corrected chi connectivity index (χ1v) is 9.40. The number of methoxy groups -OCH3 is 7. The number of esters is 1. The number of hydrogen-bond donors (Lipinski definition) is 0. The molecule has 0 aromatic rings. The van der Waals surface area contributed by atoms with Crippen molar-refractivity contribution in [3.05, 3.63) is 11.8 Å². The second-order valence-corrected chi connectivity index (χ2v) is 6.64. The smallest absolute Gasteiger partial charge is 0.373 e. The van der Waals surface area contributed by atoms with Crippen LogP contribution in [0.4, 0.5) is 0 Å². The minimum atomic E-state index is -1.03. The van der Waals surface area contributed by atoms with E-state index in [0.29, 0.717) is 0 Å². The number of ether oxygens (including phenoxy) is 10. The Labute approximate surface area is 176 Å². The van der Waals surface area contributed by atoms with Crippen molar-refractivity contribution in [2.75, 3.05) is 56.4 Å². The molecule has 2 aliphatic heterocycles. The molecule has 0 N–H and O–H groups in total. The Morgan fingerprint density at radius 1 is 0.833 bits per heavy atom. The fourth-order valence-corrected chi connectivity index (χ4v) is 3.60. The van der Waals surface area contributed by atoms with Crippen molar-refractivity contribution in [3.8, 4) is 0 Å². The van der Waals surface area contributed by atoms with Gasteiger partial charge < -0.3 is 47.4 Å². The maximum Gasteiger partial charge on any atom is 0.373 e. The quantitative estimate of drug-likeness (QED) is 0.427. The van der Waals surface area contributed by atoms with Crippen LogP contribution in [0.2, 0.25) is 0 Å². The third-order valence-electron chi connectivity index (χ3n) is 5.07. The summed E-state index contributed by atoms with van der Waals surface area (Å²) < 4.78 is 55.6. The van der Waals surface area contributed by atoms with E-state index in [4.69, 9.17) is 47.4 Å². The van der Waals surface area contributed by atoms with Crippen molar-refractivity contribution in [1.29, 1.82) is 0 Å². The van der Waals surface area contributed by atoms with Gasteiger partial charge in [-0.3, -0.25) is 0 Å². The maximum atomic E-state index is 12.1. The van der Waals surface area contributed by atoms with Crippen molar-refractivity contribution >= 4 is 5.97 Å². The molecule has 2 heterocycles. The van der Waals surface area contributed by atoms with Gasteiger partial charge in [-0.05, 0) is 6.08 Å². The lowest BCUT2D eigenvalue weighted by atomic mass is 9.98. The third-order valence-corrected chi connectivity index (χ3v) is 5.07. The van der Waals surface area contributed by atoms with Crippen LogP contribution >= 0.6 is 0 Å². The summed E-state index contributed by atoms with van der Waals surface area (Å²) in [5, 5.41) is 0. The Morgan fingerprint density at radius 2 is 1.50 bits per heavy atom. The largest absolute Gasteiger partial charge is 0.463 e. The number of carbonyl (C=O) groups excluding carboxylic acids is 1. The molecule has 8 atom stereocenters. The predicted octanol–water partition coefficient (Wildman–Crippen LogP) is -0.137. The third kappa shape index (κ3) is 5.29. The van der Waals surface area contributed by atoms with E-state index in [-0.39, 0.29) is 12.4 Å². The molecule has 1 fully saturated rings. The fraction of sp³-hybridized carbons (Fsp3) is 0.842. The van der Waals surface area contributed by atoms with Crippen molar-refractivity contribution in [1.82, 2.24) is 0 Å². The van der Waals surface area contributed by atoms with Gasteiger partial charge in [0.2, 0.25) is 12.0 Å². The van der Waals surface area contributed by atoms with E-state index < -0.39 is 55.2 Å². The average molecular weight is 436 g/mol. The summed E-state index contributed by atoms with van der Waals surface area (Å²) in [4.78, 5) is 12.1. The zero-order valence-corrected chi connectivity index (χ0v) is 18.4. The van der Waals surface area contributed by atoms with Gasteiger partial charge in [0.15, 0.2) is 6.29 Å². The Kier molecular flexibility index (Phi) is 9.91. The molecule has 0 amide bonds. The first kappa shape index (κ1) is 25.0. The molecular formula is C19H32O11. The zero-order chi connectivity index (χ0) is 22.3. The zero-order valence-electron chi connectivity index (χ0n) is 18.4. The van der Waals surface area contributed by atoms with E-state index >= 15 is 0 Å². The Balaban J connectivity index is 2.33. The second-order valence-electron chi connectivity index (χ2n) is 6.64. The minimum absolute atomic E-state index is 0.0466. The molecule has 0 aliphatic carbocycles. The number of hydrogen-bond acceptors (Lipinski definition) is 11. The van der Waals surface area contributed by atoms with E-state index in [1.54, 1.807) is 7.11 Å². The van der Waals surface area contributed by atoms with Crippen LogP contribution in [0.3, 0.4) is 0 Å². The summed E-state index contributed by atoms with van der Waals surface area (Å²) >= 11 is 0. The van der Waals surface area contributed by atoms with E-state index in [2.05, 4.69) is 0 Å². The van der Waals surface area contributed by atoms with E-state index in [9.17, 15) is 4.79 Å². The van der Waals surface area contributed by atoms with E-state index in [1.165, 1.54) is 48.7 Å². The standard InChI is InChI=1S/C19H32O11/c1-21-9-12-13(15(24-4)16(25-5)18(27-7)29-12)30-19-14(23-3)10(22-2)8-11(28-19)17(20)26-6/h8,10,12-16,18-19H,9H2,1-7H3. The summed E-state index contributed by atoms with van der Waals surface area (Å²) in [5.41, 5.74) is 0. The molecule has 174 valence electrons. The molecule has 2 rings (SSSR count). The molecule has 0 saturated carbocycles. The Morgan fingerprint density at radius 3 is 2.00 bits per heavy atom. The van der Waals surface area contributed by atoms with Crippen molar-refractivity contribution < 1.29 is 52.2 Å². The van der Waals surface area contributed by atoms with Gasteiger partial charge in [-0.25, -0.2) is 4.79 Å². The Bertz CT molecular complexity index is 569. The molecule has 0 aromatic carbocycles. The first-order valence-electron chi connectivity index (χ1n) is 9.40. The highest BCUT2D eigenvalue weighted by Crippen LogP contribution is 2.32. The molecule has 11 heteroatoms. The molecule has 1 saturated heterocycles. The maximum absolute atomic E-state index is 12.1. The van der Waals surface area contributed by atoms with Gasteiger partial charge in [0.05, 0.1) is 13.7 Å². The molecule has 2 aliphatic rings. The van der Waals surface area contributed by atoms with Crippen LogP contribution in [0.15, 0.2) is 11.8 Å². The van der Waals surface area contributed by atoms with Crippen LogP contribution in [-0.4, -0.2) is 112 Å². The summed E-state index contributed by atoms with van der Waals surface area (Å²) in [6, 6.07) is 0. The summed E-state index contributed by atoms with van der Waals surface area (Å²) in [5.74, 6) is -0.708. The van der Waals surface area contributed by atoms with Gasteiger partial charge in [0, 0.05) is 42.7 Å². The minimum Gasteiger partial charge on any atom is -0.463 e. The van der Waals surface area contributed by atoms with Gasteiger partial charge >= 0.3 is 5.97 Å². The normalized spacial score (nSPS) is 36.7.